The Balaban J connectivity index is 1.72. The lowest BCUT2D eigenvalue weighted by Crippen LogP contribution is -2.28. The van der Waals surface area contributed by atoms with Gasteiger partial charge in [-0.1, -0.05) is 35.3 Å². The number of amides is 1. The molecule has 0 aliphatic heterocycles. The van der Waals surface area contributed by atoms with Crippen molar-refractivity contribution < 1.29 is 14.3 Å². The summed E-state index contributed by atoms with van der Waals surface area (Å²) in [5, 5.41) is 5.40. The van der Waals surface area contributed by atoms with Crippen molar-refractivity contribution in [3.05, 3.63) is 56.2 Å². The van der Waals surface area contributed by atoms with Crippen LogP contribution in [0.2, 0.25) is 10.0 Å². The Bertz CT molecular complexity index is 659. The zero-order chi connectivity index (χ0) is 15.9. The van der Waals surface area contributed by atoms with Gasteiger partial charge in [-0.05, 0) is 29.1 Å². The van der Waals surface area contributed by atoms with Gasteiger partial charge in [0.2, 0.25) is 0 Å². The third kappa shape index (κ3) is 5.33. The molecule has 0 fully saturated rings. The van der Waals surface area contributed by atoms with Gasteiger partial charge in [-0.25, -0.2) is 0 Å². The fourth-order valence-electron chi connectivity index (χ4n) is 1.66. The number of thiophene rings is 1. The van der Waals surface area contributed by atoms with Crippen molar-refractivity contribution in [2.45, 2.75) is 13.0 Å². The molecule has 0 saturated carbocycles. The smallest absolute Gasteiger partial charge is 0.310 e. The lowest BCUT2D eigenvalue weighted by molar-refractivity contribution is -0.147. The van der Waals surface area contributed by atoms with Gasteiger partial charge in [0.1, 0.15) is 0 Å². The second-order valence-corrected chi connectivity index (χ2v) is 6.29. The summed E-state index contributed by atoms with van der Waals surface area (Å²) < 4.78 is 4.92. The first-order valence-electron chi connectivity index (χ1n) is 6.43. The maximum absolute atomic E-state index is 11.7. The average Bonchev–Trinajstić information content (AvgIpc) is 3.00. The number of rotatable bonds is 6. The first kappa shape index (κ1) is 16.8. The molecule has 1 aromatic heterocycles. The first-order chi connectivity index (χ1) is 10.5. The minimum Gasteiger partial charge on any atom is -0.455 e. The van der Waals surface area contributed by atoms with Crippen LogP contribution >= 0.6 is 34.5 Å². The number of carbonyl (C=O) groups excluding carboxylic acids is 2. The Kier molecular flexibility index (Phi) is 6.24. The summed E-state index contributed by atoms with van der Waals surface area (Å²) in [6.07, 6.45) is 0.0368. The van der Waals surface area contributed by atoms with E-state index in [-0.39, 0.29) is 18.9 Å². The second-order valence-electron chi connectivity index (χ2n) is 4.44. The number of benzene rings is 1. The minimum atomic E-state index is -0.496. The number of halogens is 2. The first-order valence-corrected chi connectivity index (χ1v) is 8.07. The van der Waals surface area contributed by atoms with Crippen LogP contribution in [0.15, 0.2) is 35.7 Å². The van der Waals surface area contributed by atoms with E-state index in [9.17, 15) is 9.59 Å². The van der Waals surface area contributed by atoms with E-state index in [1.54, 1.807) is 29.5 Å². The molecule has 116 valence electrons. The van der Waals surface area contributed by atoms with Crippen LogP contribution < -0.4 is 5.32 Å². The predicted octanol–water partition coefficient (Wildman–Crippen LogP) is 3.46. The van der Waals surface area contributed by atoms with Crippen molar-refractivity contribution in [3.63, 3.8) is 0 Å². The Morgan fingerprint density at radius 2 is 2.00 bits per heavy atom. The summed E-state index contributed by atoms with van der Waals surface area (Å²) >= 11 is 13.2. The van der Waals surface area contributed by atoms with Crippen molar-refractivity contribution in [2.75, 3.05) is 6.61 Å². The maximum Gasteiger partial charge on any atom is 0.310 e. The molecule has 0 atom stereocenters. The molecule has 22 heavy (non-hydrogen) atoms. The SMILES string of the molecule is O=C(COC(=O)Cc1ccc(Cl)c(Cl)c1)NCc1cccs1. The van der Waals surface area contributed by atoms with Crippen molar-refractivity contribution in [1.29, 1.82) is 0 Å². The highest BCUT2D eigenvalue weighted by molar-refractivity contribution is 7.09. The molecule has 2 rings (SSSR count). The zero-order valence-corrected chi connectivity index (χ0v) is 13.8. The molecule has 0 saturated heterocycles. The lowest BCUT2D eigenvalue weighted by Gasteiger charge is -2.06. The van der Waals surface area contributed by atoms with Crippen LogP contribution in [0.5, 0.6) is 0 Å². The molecule has 1 amide bonds. The fraction of sp³-hybridized carbons (Fsp3) is 0.200. The number of esters is 1. The third-order valence-corrected chi connectivity index (χ3v) is 4.35. The van der Waals surface area contributed by atoms with Gasteiger partial charge >= 0.3 is 5.97 Å². The summed E-state index contributed by atoms with van der Waals surface area (Å²) in [6.45, 7) is 0.131. The van der Waals surface area contributed by atoms with E-state index in [1.807, 2.05) is 17.5 Å². The van der Waals surface area contributed by atoms with Crippen LogP contribution in [0.1, 0.15) is 10.4 Å². The van der Waals surface area contributed by atoms with Crippen LogP contribution in [0.4, 0.5) is 0 Å². The molecule has 1 N–H and O–H groups in total. The van der Waals surface area contributed by atoms with E-state index < -0.39 is 5.97 Å². The van der Waals surface area contributed by atoms with Crippen LogP contribution in [0, 0.1) is 0 Å². The standard InChI is InChI=1S/C15H13Cl2NO3S/c16-12-4-3-10(6-13(12)17)7-15(20)21-9-14(19)18-8-11-2-1-5-22-11/h1-6H,7-9H2,(H,18,19). The van der Waals surface area contributed by atoms with E-state index >= 15 is 0 Å². The molecule has 1 heterocycles. The molecular formula is C15H13Cl2NO3S. The number of ether oxygens (including phenoxy) is 1. The highest BCUT2D eigenvalue weighted by atomic mass is 35.5. The third-order valence-electron chi connectivity index (χ3n) is 2.74. The van der Waals surface area contributed by atoms with Crippen molar-refractivity contribution in [2.24, 2.45) is 0 Å². The van der Waals surface area contributed by atoms with Gasteiger partial charge in [-0.3, -0.25) is 9.59 Å². The highest BCUT2D eigenvalue weighted by Crippen LogP contribution is 2.22. The van der Waals surface area contributed by atoms with E-state index in [0.29, 0.717) is 22.2 Å². The normalized spacial score (nSPS) is 10.3. The highest BCUT2D eigenvalue weighted by Gasteiger charge is 2.10. The molecular weight excluding hydrogens is 345 g/mol. The summed E-state index contributed by atoms with van der Waals surface area (Å²) in [4.78, 5) is 24.3. The minimum absolute atomic E-state index is 0.0368. The second kappa shape index (κ2) is 8.17. The van der Waals surface area contributed by atoms with Crippen LogP contribution in [0.3, 0.4) is 0 Å². The Labute approximate surface area is 142 Å². The number of nitrogens with one attached hydrogen (secondary N) is 1. The topological polar surface area (TPSA) is 55.4 Å². The molecule has 0 aliphatic rings. The van der Waals surface area contributed by atoms with Gasteiger partial charge in [0.25, 0.3) is 5.91 Å². The molecule has 1 aromatic carbocycles. The lowest BCUT2D eigenvalue weighted by atomic mass is 10.1. The molecule has 0 aliphatic carbocycles. The molecule has 0 unspecified atom stereocenters. The average molecular weight is 358 g/mol. The molecule has 4 nitrogen and oxygen atoms in total. The molecule has 2 aromatic rings. The Morgan fingerprint density at radius 1 is 1.18 bits per heavy atom. The Hall–Kier alpha value is -1.56. The summed E-state index contributed by atoms with van der Waals surface area (Å²) in [5.74, 6) is -0.833. The molecule has 7 heteroatoms. The van der Waals surface area contributed by atoms with Crippen molar-refractivity contribution >= 4 is 46.4 Å². The molecule has 0 bridgehead atoms. The quantitative estimate of drug-likeness (QED) is 0.805. The monoisotopic (exact) mass is 357 g/mol. The van der Waals surface area contributed by atoms with E-state index in [4.69, 9.17) is 27.9 Å². The van der Waals surface area contributed by atoms with Gasteiger partial charge in [-0.15, -0.1) is 11.3 Å². The van der Waals surface area contributed by atoms with Gasteiger partial charge < -0.3 is 10.1 Å². The summed E-state index contributed by atoms with van der Waals surface area (Å²) in [7, 11) is 0. The van der Waals surface area contributed by atoms with Crippen molar-refractivity contribution in [3.8, 4) is 0 Å². The number of hydrogen-bond donors (Lipinski definition) is 1. The van der Waals surface area contributed by atoms with Crippen LogP contribution in [0.25, 0.3) is 0 Å². The van der Waals surface area contributed by atoms with Gasteiger partial charge in [0, 0.05) is 4.88 Å². The fourth-order valence-corrected chi connectivity index (χ4v) is 2.63. The van der Waals surface area contributed by atoms with E-state index in [0.717, 1.165) is 4.88 Å². The zero-order valence-electron chi connectivity index (χ0n) is 11.5. The van der Waals surface area contributed by atoms with Crippen molar-refractivity contribution in [1.82, 2.24) is 5.32 Å². The largest absolute Gasteiger partial charge is 0.455 e. The van der Waals surface area contributed by atoms with Gasteiger partial charge in [0.15, 0.2) is 6.61 Å². The van der Waals surface area contributed by atoms with Gasteiger partial charge in [-0.2, -0.15) is 0 Å². The summed E-state index contributed by atoms with van der Waals surface area (Å²) in [6, 6.07) is 8.72. The molecule has 0 spiro atoms. The predicted molar refractivity (Wildman–Crippen MR) is 87.3 cm³/mol. The van der Waals surface area contributed by atoms with E-state index in [1.165, 1.54) is 0 Å². The van der Waals surface area contributed by atoms with Crippen LogP contribution in [-0.4, -0.2) is 18.5 Å². The molecule has 0 radical (unpaired) electrons. The Morgan fingerprint density at radius 3 is 2.68 bits per heavy atom. The number of carbonyl (C=O) groups is 2. The number of hydrogen-bond acceptors (Lipinski definition) is 4. The summed E-state index contributed by atoms with van der Waals surface area (Å²) in [5.41, 5.74) is 0.679. The maximum atomic E-state index is 11.7. The van der Waals surface area contributed by atoms with E-state index in [2.05, 4.69) is 5.32 Å². The van der Waals surface area contributed by atoms with Crippen LogP contribution in [-0.2, 0) is 27.3 Å². The van der Waals surface area contributed by atoms with Gasteiger partial charge in [0.05, 0.1) is 23.0 Å².